The molecular weight excluding hydrogens is 439 g/mol. The molecule has 1 aromatic carbocycles. The molecule has 0 amide bonds. The first-order valence-electron chi connectivity index (χ1n) is 10.2. The lowest BCUT2D eigenvalue weighted by molar-refractivity contribution is -0.177. The van der Waals surface area contributed by atoms with E-state index in [0.29, 0.717) is 41.0 Å². The van der Waals surface area contributed by atoms with Crippen molar-refractivity contribution in [1.82, 2.24) is 14.5 Å². The molecule has 1 aliphatic heterocycles. The van der Waals surface area contributed by atoms with E-state index in [1.807, 2.05) is 24.3 Å². The van der Waals surface area contributed by atoms with Gasteiger partial charge in [-0.15, -0.1) is 12.4 Å². The summed E-state index contributed by atoms with van der Waals surface area (Å²) >= 11 is 6.31. The third-order valence-corrected chi connectivity index (χ3v) is 6.34. The van der Waals surface area contributed by atoms with Crippen molar-refractivity contribution < 1.29 is 9.47 Å². The maximum Gasteiger partial charge on any atom is 0.259 e. The van der Waals surface area contributed by atoms with Crippen LogP contribution in [0, 0.1) is 0 Å². The standard InChI is InChI=1S/C22H23ClN4O3.ClH/c1-27-19-14(12-17(20(27)28)16-4-2-3-5-18(16)23)13-24-21(26-19)25-15-6-8-22(9-7-15)29-10-11-30-22;/h2-5,12-13,15H,6-11H2,1H3,(H,24,25,26);1H. The van der Waals surface area contributed by atoms with Crippen LogP contribution in [0.2, 0.25) is 5.02 Å². The number of hydrogen-bond acceptors (Lipinski definition) is 6. The van der Waals surface area contributed by atoms with Gasteiger partial charge >= 0.3 is 0 Å². The Morgan fingerprint density at radius 3 is 2.58 bits per heavy atom. The van der Waals surface area contributed by atoms with Gasteiger partial charge < -0.3 is 14.8 Å². The first-order valence-corrected chi connectivity index (χ1v) is 10.6. The Morgan fingerprint density at radius 2 is 1.87 bits per heavy atom. The molecule has 0 atom stereocenters. The van der Waals surface area contributed by atoms with Crippen molar-refractivity contribution in [3.63, 3.8) is 0 Å². The van der Waals surface area contributed by atoms with Crippen LogP contribution in [0.5, 0.6) is 0 Å². The minimum Gasteiger partial charge on any atom is -0.351 e. The minimum absolute atomic E-state index is 0. The minimum atomic E-state index is -0.387. The van der Waals surface area contributed by atoms with Crippen molar-refractivity contribution in [2.45, 2.75) is 37.5 Å². The third kappa shape index (κ3) is 4.15. The third-order valence-electron chi connectivity index (χ3n) is 6.01. The van der Waals surface area contributed by atoms with E-state index in [4.69, 9.17) is 21.1 Å². The van der Waals surface area contributed by atoms with Gasteiger partial charge in [-0.2, -0.15) is 4.98 Å². The summed E-state index contributed by atoms with van der Waals surface area (Å²) < 4.78 is 13.1. The van der Waals surface area contributed by atoms with E-state index < -0.39 is 0 Å². The van der Waals surface area contributed by atoms with Gasteiger partial charge in [-0.25, -0.2) is 4.98 Å². The van der Waals surface area contributed by atoms with Gasteiger partial charge in [0.05, 0.1) is 13.2 Å². The summed E-state index contributed by atoms with van der Waals surface area (Å²) in [5, 5.41) is 4.74. The quantitative estimate of drug-likeness (QED) is 0.629. The smallest absolute Gasteiger partial charge is 0.259 e. The Labute approximate surface area is 191 Å². The van der Waals surface area contributed by atoms with Crippen LogP contribution in [0.25, 0.3) is 22.2 Å². The van der Waals surface area contributed by atoms with Crippen LogP contribution in [0.3, 0.4) is 0 Å². The molecule has 5 rings (SSSR count). The van der Waals surface area contributed by atoms with Gasteiger partial charge in [0, 0.05) is 53.7 Å². The van der Waals surface area contributed by atoms with Crippen molar-refractivity contribution in [1.29, 1.82) is 0 Å². The molecule has 0 radical (unpaired) electrons. The zero-order valence-corrected chi connectivity index (χ0v) is 18.7. The lowest BCUT2D eigenvalue weighted by Gasteiger charge is -2.35. The summed E-state index contributed by atoms with van der Waals surface area (Å²) in [4.78, 5) is 22.1. The fourth-order valence-electron chi connectivity index (χ4n) is 4.36. The number of aromatic nitrogens is 3. The molecule has 3 heterocycles. The highest BCUT2D eigenvalue weighted by Crippen LogP contribution is 2.36. The van der Waals surface area contributed by atoms with Gasteiger partial charge in [0.2, 0.25) is 5.95 Å². The maximum atomic E-state index is 13.0. The lowest BCUT2D eigenvalue weighted by atomic mass is 9.90. The summed E-state index contributed by atoms with van der Waals surface area (Å²) in [7, 11) is 1.72. The van der Waals surface area contributed by atoms with Crippen molar-refractivity contribution in [3.05, 3.63) is 51.9 Å². The predicted octanol–water partition coefficient (Wildman–Crippen LogP) is 4.17. The molecule has 0 bridgehead atoms. The van der Waals surface area contributed by atoms with Crippen molar-refractivity contribution >= 4 is 41.0 Å². The highest BCUT2D eigenvalue weighted by atomic mass is 35.5. The average Bonchev–Trinajstić information content (AvgIpc) is 3.21. The largest absolute Gasteiger partial charge is 0.351 e. The number of rotatable bonds is 3. The molecule has 164 valence electrons. The van der Waals surface area contributed by atoms with E-state index in [-0.39, 0.29) is 29.8 Å². The fourth-order valence-corrected chi connectivity index (χ4v) is 4.60. The van der Waals surface area contributed by atoms with Crippen LogP contribution in [-0.4, -0.2) is 39.6 Å². The van der Waals surface area contributed by atoms with Crippen LogP contribution >= 0.6 is 24.0 Å². The molecule has 0 unspecified atom stereocenters. The second kappa shape index (κ2) is 8.74. The second-order valence-corrected chi connectivity index (χ2v) is 8.31. The van der Waals surface area contributed by atoms with Crippen LogP contribution in [0.15, 0.2) is 41.3 Å². The monoisotopic (exact) mass is 462 g/mol. The molecule has 31 heavy (non-hydrogen) atoms. The van der Waals surface area contributed by atoms with Gasteiger partial charge in [0.25, 0.3) is 5.56 Å². The van der Waals surface area contributed by atoms with E-state index >= 15 is 0 Å². The van der Waals surface area contributed by atoms with Crippen molar-refractivity contribution in [3.8, 4) is 11.1 Å². The summed E-state index contributed by atoms with van der Waals surface area (Å²) in [5.41, 5.74) is 1.68. The van der Waals surface area contributed by atoms with Crippen molar-refractivity contribution in [2.75, 3.05) is 18.5 Å². The molecule has 1 saturated heterocycles. The number of hydrogen-bond donors (Lipinski definition) is 1. The number of halogens is 2. The number of ether oxygens (including phenoxy) is 2. The average molecular weight is 463 g/mol. The highest BCUT2D eigenvalue weighted by Gasteiger charge is 2.40. The Kier molecular flexibility index (Phi) is 6.21. The number of pyridine rings is 1. The molecule has 1 saturated carbocycles. The molecule has 2 fully saturated rings. The molecule has 1 aliphatic carbocycles. The molecule has 3 aromatic rings. The van der Waals surface area contributed by atoms with E-state index in [1.165, 1.54) is 0 Å². The first kappa shape index (κ1) is 22.0. The Balaban J connectivity index is 0.00000231. The van der Waals surface area contributed by atoms with E-state index in [9.17, 15) is 4.79 Å². The second-order valence-electron chi connectivity index (χ2n) is 7.90. The van der Waals surface area contributed by atoms with Gasteiger partial charge in [-0.1, -0.05) is 29.8 Å². The number of aryl methyl sites for hydroxylation is 1. The van der Waals surface area contributed by atoms with E-state index in [0.717, 1.165) is 31.1 Å². The molecule has 2 aliphatic rings. The predicted molar refractivity (Wildman–Crippen MR) is 123 cm³/mol. The summed E-state index contributed by atoms with van der Waals surface area (Å²) in [6, 6.07) is 9.39. The zero-order chi connectivity index (χ0) is 20.7. The SMILES string of the molecule is Cl.Cn1c(=O)c(-c2ccccc2Cl)cc2cnc(NC3CCC4(CC3)OCCO4)nc21. The fraction of sp³-hybridized carbons (Fsp3) is 0.409. The first-order chi connectivity index (χ1) is 14.5. The molecular formula is C22H24Cl2N4O3. The van der Waals surface area contributed by atoms with E-state index in [2.05, 4.69) is 15.3 Å². The number of anilines is 1. The highest BCUT2D eigenvalue weighted by molar-refractivity contribution is 6.33. The number of nitrogens with one attached hydrogen (secondary N) is 1. The summed E-state index contributed by atoms with van der Waals surface area (Å²) in [6.07, 6.45) is 5.31. The zero-order valence-electron chi connectivity index (χ0n) is 17.1. The van der Waals surface area contributed by atoms with Crippen LogP contribution in [0.1, 0.15) is 25.7 Å². The van der Waals surface area contributed by atoms with Crippen LogP contribution in [-0.2, 0) is 16.5 Å². The molecule has 7 nitrogen and oxygen atoms in total. The normalized spacial score (nSPS) is 18.3. The van der Waals surface area contributed by atoms with Crippen LogP contribution in [0.4, 0.5) is 5.95 Å². The number of benzene rings is 1. The van der Waals surface area contributed by atoms with Crippen molar-refractivity contribution in [2.24, 2.45) is 7.05 Å². The summed E-state index contributed by atoms with van der Waals surface area (Å²) in [5.74, 6) is 0.138. The summed E-state index contributed by atoms with van der Waals surface area (Å²) in [6.45, 7) is 1.35. The number of nitrogens with zero attached hydrogens (tertiary/aromatic N) is 3. The van der Waals surface area contributed by atoms with Gasteiger partial charge in [0.1, 0.15) is 5.65 Å². The van der Waals surface area contributed by atoms with Gasteiger partial charge in [-0.3, -0.25) is 9.36 Å². The lowest BCUT2D eigenvalue weighted by Crippen LogP contribution is -2.39. The molecule has 1 spiro atoms. The van der Waals surface area contributed by atoms with Gasteiger partial charge in [0.15, 0.2) is 5.79 Å². The van der Waals surface area contributed by atoms with E-state index in [1.54, 1.807) is 23.9 Å². The molecule has 9 heteroatoms. The molecule has 2 aromatic heterocycles. The Hall–Kier alpha value is -2.19. The number of fused-ring (bicyclic) bond motifs is 1. The molecule has 1 N–H and O–H groups in total. The van der Waals surface area contributed by atoms with Crippen LogP contribution < -0.4 is 10.9 Å². The Morgan fingerprint density at radius 1 is 1.16 bits per heavy atom. The topological polar surface area (TPSA) is 78.3 Å². The maximum absolute atomic E-state index is 13.0. The Bertz CT molecular complexity index is 1150. The van der Waals surface area contributed by atoms with Gasteiger partial charge in [-0.05, 0) is 25.0 Å².